The first-order valence-electron chi connectivity index (χ1n) is 7.23. The van der Waals surface area contributed by atoms with Gasteiger partial charge in [-0.05, 0) is 43.5 Å². The first-order chi connectivity index (χ1) is 9.62. The number of benzene rings is 1. The van der Waals surface area contributed by atoms with E-state index >= 15 is 0 Å². The highest BCUT2D eigenvalue weighted by atomic mass is 32.2. The van der Waals surface area contributed by atoms with Crippen LogP contribution in [0, 0.1) is 0 Å². The number of sulfonamides is 1. The average Bonchev–Trinajstić information content (AvgIpc) is 2.47. The summed E-state index contributed by atoms with van der Waals surface area (Å²) < 4.78 is 26.5. The predicted molar refractivity (Wildman–Crippen MR) is 81.0 cm³/mol. The van der Waals surface area contributed by atoms with Crippen molar-refractivity contribution >= 4 is 15.7 Å². The van der Waals surface area contributed by atoms with E-state index in [1.807, 2.05) is 19.1 Å². The average molecular weight is 297 g/mol. The van der Waals surface area contributed by atoms with E-state index < -0.39 is 10.0 Å². The van der Waals surface area contributed by atoms with Crippen molar-refractivity contribution in [3.05, 3.63) is 24.3 Å². The van der Waals surface area contributed by atoms with E-state index in [2.05, 4.69) is 15.2 Å². The van der Waals surface area contributed by atoms with Gasteiger partial charge in [-0.3, -0.25) is 0 Å². The molecule has 0 saturated carbocycles. The van der Waals surface area contributed by atoms with E-state index in [1.165, 1.54) is 19.3 Å². The van der Waals surface area contributed by atoms with Gasteiger partial charge in [0.25, 0.3) is 0 Å². The van der Waals surface area contributed by atoms with E-state index in [-0.39, 0.29) is 0 Å². The van der Waals surface area contributed by atoms with Crippen LogP contribution >= 0.6 is 0 Å². The molecule has 0 aromatic heterocycles. The van der Waals surface area contributed by atoms with Gasteiger partial charge in [0.05, 0.1) is 4.90 Å². The molecule has 1 aromatic rings. The molecule has 0 radical (unpaired) electrons. The van der Waals surface area contributed by atoms with Crippen LogP contribution in [0.5, 0.6) is 0 Å². The third kappa shape index (κ3) is 4.19. The summed E-state index contributed by atoms with van der Waals surface area (Å²) in [5.74, 6) is 0. The van der Waals surface area contributed by atoms with Gasteiger partial charge in [0.15, 0.2) is 0 Å². The summed E-state index contributed by atoms with van der Waals surface area (Å²) in [6.07, 6.45) is 4.49. The molecule has 6 heteroatoms. The normalized spacial score (nSPS) is 17.1. The Morgan fingerprint density at radius 3 is 2.35 bits per heavy atom. The molecule has 2 rings (SSSR count). The summed E-state index contributed by atoms with van der Waals surface area (Å²) in [5.41, 5.74) is 4.25. The minimum absolute atomic E-state index is 0.315. The topological polar surface area (TPSA) is 61.4 Å². The van der Waals surface area contributed by atoms with Gasteiger partial charge in [-0.15, -0.1) is 0 Å². The first kappa shape index (κ1) is 15.3. The monoisotopic (exact) mass is 297 g/mol. The van der Waals surface area contributed by atoms with Crippen molar-refractivity contribution in [1.82, 2.24) is 9.73 Å². The van der Waals surface area contributed by atoms with Gasteiger partial charge in [0.1, 0.15) is 0 Å². The third-order valence-electron chi connectivity index (χ3n) is 3.35. The number of hydrogen-bond acceptors (Lipinski definition) is 4. The zero-order chi connectivity index (χ0) is 14.4. The Labute approximate surface area is 121 Å². The molecule has 0 unspecified atom stereocenters. The first-order valence-corrected chi connectivity index (χ1v) is 8.71. The Hall–Kier alpha value is -1.11. The SMILES string of the molecule is CCCNS(=O)(=O)c1ccc(NN2CCCCC2)cc1. The number of hydrogen-bond donors (Lipinski definition) is 2. The zero-order valence-corrected chi connectivity index (χ0v) is 12.7. The lowest BCUT2D eigenvalue weighted by atomic mass is 10.2. The molecule has 1 heterocycles. The summed E-state index contributed by atoms with van der Waals surface area (Å²) in [4.78, 5) is 0.315. The van der Waals surface area contributed by atoms with Crippen molar-refractivity contribution in [2.75, 3.05) is 25.1 Å². The number of nitrogens with one attached hydrogen (secondary N) is 2. The lowest BCUT2D eigenvalue weighted by Gasteiger charge is -2.27. The van der Waals surface area contributed by atoms with Crippen LogP contribution in [-0.4, -0.2) is 33.1 Å². The maximum atomic E-state index is 12.0. The van der Waals surface area contributed by atoms with Gasteiger partial charge in [-0.1, -0.05) is 13.3 Å². The summed E-state index contributed by atoms with van der Waals surface area (Å²) in [6.45, 7) is 4.49. The fourth-order valence-corrected chi connectivity index (χ4v) is 3.35. The van der Waals surface area contributed by atoms with Crippen LogP contribution in [0.1, 0.15) is 32.6 Å². The smallest absolute Gasteiger partial charge is 0.240 e. The minimum atomic E-state index is -3.36. The Balaban J connectivity index is 1.98. The third-order valence-corrected chi connectivity index (χ3v) is 4.83. The highest BCUT2D eigenvalue weighted by molar-refractivity contribution is 7.89. The molecule has 0 spiro atoms. The van der Waals surface area contributed by atoms with Crippen molar-refractivity contribution in [1.29, 1.82) is 0 Å². The highest BCUT2D eigenvalue weighted by Gasteiger charge is 2.13. The Morgan fingerprint density at radius 1 is 1.10 bits per heavy atom. The lowest BCUT2D eigenvalue weighted by Crippen LogP contribution is -2.34. The van der Waals surface area contributed by atoms with Crippen molar-refractivity contribution in [2.24, 2.45) is 0 Å². The van der Waals surface area contributed by atoms with Crippen LogP contribution in [0.2, 0.25) is 0 Å². The van der Waals surface area contributed by atoms with Crippen molar-refractivity contribution in [3.8, 4) is 0 Å². The van der Waals surface area contributed by atoms with E-state index in [1.54, 1.807) is 12.1 Å². The Bertz CT molecular complexity index is 508. The summed E-state index contributed by atoms with van der Waals surface area (Å²) in [5, 5.41) is 2.18. The van der Waals surface area contributed by atoms with E-state index in [0.717, 1.165) is 25.2 Å². The van der Waals surface area contributed by atoms with Crippen LogP contribution in [0.25, 0.3) is 0 Å². The van der Waals surface area contributed by atoms with Gasteiger partial charge in [-0.25, -0.2) is 18.1 Å². The van der Waals surface area contributed by atoms with Gasteiger partial charge >= 0.3 is 0 Å². The van der Waals surface area contributed by atoms with Crippen molar-refractivity contribution < 1.29 is 8.42 Å². The molecule has 1 aliphatic heterocycles. The number of rotatable bonds is 6. The van der Waals surface area contributed by atoms with Gasteiger partial charge in [-0.2, -0.15) is 0 Å². The second-order valence-corrected chi connectivity index (χ2v) is 6.85. The number of hydrazine groups is 1. The van der Waals surface area contributed by atoms with Crippen LogP contribution in [0.3, 0.4) is 0 Å². The number of nitrogens with zero attached hydrogens (tertiary/aromatic N) is 1. The molecule has 1 saturated heterocycles. The quantitative estimate of drug-likeness (QED) is 0.845. The molecule has 2 N–H and O–H groups in total. The minimum Gasteiger partial charge on any atom is -0.319 e. The molecular weight excluding hydrogens is 274 g/mol. The van der Waals surface area contributed by atoms with E-state index in [4.69, 9.17) is 0 Å². The molecule has 0 amide bonds. The number of anilines is 1. The largest absolute Gasteiger partial charge is 0.319 e. The molecular formula is C14H23N3O2S. The van der Waals surface area contributed by atoms with Crippen LogP contribution in [0.15, 0.2) is 29.2 Å². The maximum absolute atomic E-state index is 12.0. The molecule has 1 aliphatic rings. The van der Waals surface area contributed by atoms with Crippen LogP contribution < -0.4 is 10.1 Å². The van der Waals surface area contributed by atoms with Crippen LogP contribution in [-0.2, 0) is 10.0 Å². The lowest BCUT2D eigenvalue weighted by molar-refractivity contribution is 0.273. The molecule has 1 aromatic carbocycles. The summed E-state index contributed by atoms with van der Waals surface area (Å²) in [7, 11) is -3.36. The van der Waals surface area contributed by atoms with Gasteiger partial charge < -0.3 is 5.43 Å². The summed E-state index contributed by atoms with van der Waals surface area (Å²) >= 11 is 0. The fourth-order valence-electron chi connectivity index (χ4n) is 2.22. The zero-order valence-electron chi connectivity index (χ0n) is 11.9. The number of piperidine rings is 1. The molecule has 0 bridgehead atoms. The van der Waals surface area contributed by atoms with Crippen LogP contribution in [0.4, 0.5) is 5.69 Å². The molecule has 0 aliphatic carbocycles. The second-order valence-electron chi connectivity index (χ2n) is 5.08. The maximum Gasteiger partial charge on any atom is 0.240 e. The molecule has 112 valence electrons. The predicted octanol–water partition coefficient (Wildman–Crippen LogP) is 2.19. The molecule has 5 nitrogen and oxygen atoms in total. The van der Waals surface area contributed by atoms with Gasteiger partial charge in [0.2, 0.25) is 10.0 Å². The Kier molecular flexibility index (Phi) is 5.39. The molecule has 1 fully saturated rings. The van der Waals surface area contributed by atoms with Crippen molar-refractivity contribution in [2.45, 2.75) is 37.5 Å². The van der Waals surface area contributed by atoms with Gasteiger partial charge in [0, 0.05) is 25.3 Å². The van der Waals surface area contributed by atoms with Crippen molar-refractivity contribution in [3.63, 3.8) is 0 Å². The summed E-state index contributed by atoms with van der Waals surface area (Å²) in [6, 6.07) is 6.92. The van der Waals surface area contributed by atoms with E-state index in [9.17, 15) is 8.42 Å². The fraction of sp³-hybridized carbons (Fsp3) is 0.571. The highest BCUT2D eigenvalue weighted by Crippen LogP contribution is 2.16. The molecule has 0 atom stereocenters. The Morgan fingerprint density at radius 2 is 1.75 bits per heavy atom. The second kappa shape index (κ2) is 7.06. The molecule has 20 heavy (non-hydrogen) atoms. The van der Waals surface area contributed by atoms with E-state index in [0.29, 0.717) is 11.4 Å². The standard InChI is InChI=1S/C14H23N3O2S/c1-2-10-15-20(18,19)14-8-6-13(7-9-14)16-17-11-4-3-5-12-17/h6-9,15-16H,2-5,10-12H2,1H3.